The second-order valence-corrected chi connectivity index (χ2v) is 36.0. The van der Waals surface area contributed by atoms with E-state index in [4.69, 9.17) is 42.6 Å². The summed E-state index contributed by atoms with van der Waals surface area (Å²) >= 11 is 0. The van der Waals surface area contributed by atoms with Crippen LogP contribution in [0.15, 0.2) is 188 Å². The number of benzene rings is 8. The number of rotatable bonds is 19. The molecule has 4 aliphatic heterocycles. The normalized spacial score (nSPS) is 17.5. The van der Waals surface area contributed by atoms with Gasteiger partial charge in [0.2, 0.25) is 0 Å². The molecule has 0 bridgehead atoms. The summed E-state index contributed by atoms with van der Waals surface area (Å²) in [6, 6.07) is 57.5. The highest BCUT2D eigenvalue weighted by molar-refractivity contribution is 8.65. The zero-order valence-electron chi connectivity index (χ0n) is 50.3. The van der Waals surface area contributed by atoms with Crippen LogP contribution in [0.5, 0.6) is 34.5 Å². The zero-order chi connectivity index (χ0) is 61.6. The SMILES string of the molecule is C.C.C.CC.CC.CC.O=P1(C(c2ccc(OCC(O)COc3c(CO)cccc3Cc3ccccc3OCC3CO3)cc2)P2(=O)Oc3ccccc3-c3ccccc32)Oc2ccccc2-c2ccccc21.OCc1ccccc1OCC1CO1.P.PP(P)P. The minimum absolute atomic E-state index is 0. The lowest BCUT2D eigenvalue weighted by molar-refractivity contribution is 0.0615. The summed E-state index contributed by atoms with van der Waals surface area (Å²) in [6.07, 6.45) is -0.187. The van der Waals surface area contributed by atoms with Crippen LogP contribution >= 0.6 is 58.4 Å². The van der Waals surface area contributed by atoms with Crippen molar-refractivity contribution in [3.05, 3.63) is 216 Å². The number of fused-ring (bicyclic) bond motifs is 6. The monoisotopic (exact) mass is 1360 g/mol. The molecule has 0 radical (unpaired) electrons. The fourth-order valence-electron chi connectivity index (χ4n) is 9.54. The Balaban J connectivity index is 0.000000671. The van der Waals surface area contributed by atoms with E-state index in [0.717, 1.165) is 57.1 Å². The number of aliphatic hydroxyl groups is 3. The predicted molar refractivity (Wildman–Crippen MR) is 392 cm³/mol. The molecule has 90 heavy (non-hydrogen) atoms. The van der Waals surface area contributed by atoms with Gasteiger partial charge in [0.25, 0.3) is 14.7 Å². The number of aliphatic hydroxyl groups excluding tert-OH is 3. The van der Waals surface area contributed by atoms with E-state index in [1.807, 2.05) is 175 Å². The molecule has 0 aliphatic carbocycles. The van der Waals surface area contributed by atoms with Crippen LogP contribution in [0.25, 0.3) is 22.3 Å². The van der Waals surface area contributed by atoms with Gasteiger partial charge in [0, 0.05) is 28.7 Å². The lowest BCUT2D eigenvalue weighted by atomic mass is 10.0. The Labute approximate surface area is 547 Å². The van der Waals surface area contributed by atoms with Crippen LogP contribution in [-0.4, -0.2) is 73.3 Å². The molecule has 4 aliphatic rings. The van der Waals surface area contributed by atoms with Gasteiger partial charge in [-0.3, -0.25) is 9.13 Å². The van der Waals surface area contributed by atoms with Gasteiger partial charge in [0.05, 0.1) is 37.0 Å². The Morgan fingerprint density at radius 2 is 0.867 bits per heavy atom. The first-order valence-electron chi connectivity index (χ1n) is 29.0. The van der Waals surface area contributed by atoms with E-state index in [0.29, 0.717) is 71.0 Å². The van der Waals surface area contributed by atoms with Gasteiger partial charge in [0.1, 0.15) is 79.2 Å². The van der Waals surface area contributed by atoms with Crippen LogP contribution in [0.1, 0.15) is 97.0 Å². The Morgan fingerprint density at radius 3 is 1.33 bits per heavy atom. The van der Waals surface area contributed by atoms with Crippen molar-refractivity contribution in [3.8, 4) is 56.8 Å². The smallest absolute Gasteiger partial charge is 0.296 e. The maximum Gasteiger partial charge on any atom is 0.296 e. The van der Waals surface area contributed by atoms with Gasteiger partial charge in [-0.05, 0) is 83.3 Å². The van der Waals surface area contributed by atoms with Crippen LogP contribution in [-0.2, 0) is 38.2 Å². The molecule has 13 nitrogen and oxygen atoms in total. The highest BCUT2D eigenvalue weighted by atomic mass is 32.7. The summed E-state index contributed by atoms with van der Waals surface area (Å²) < 4.78 is 79.6. The second kappa shape index (κ2) is 39.5. The highest BCUT2D eigenvalue weighted by Crippen LogP contribution is 2.79. The van der Waals surface area contributed by atoms with Gasteiger partial charge in [-0.15, -0.1) is 26.8 Å². The van der Waals surface area contributed by atoms with E-state index in [9.17, 15) is 10.2 Å². The summed E-state index contributed by atoms with van der Waals surface area (Å²) in [5.74, 6) is 3.28. The highest BCUT2D eigenvalue weighted by Gasteiger charge is 2.57. The molecule has 0 saturated carbocycles. The quantitative estimate of drug-likeness (QED) is 0.0516. The second-order valence-electron chi connectivity index (χ2n) is 19.2. The van der Waals surface area contributed by atoms with Gasteiger partial charge >= 0.3 is 0 Å². The van der Waals surface area contributed by atoms with E-state index in [1.54, 1.807) is 54.6 Å². The molecule has 9 atom stereocenters. The van der Waals surface area contributed by atoms with E-state index < -0.39 is 26.2 Å². The fraction of sp³-hybridized carbons (Fsp3) is 0.314. The molecule has 0 aromatic heterocycles. The number of para-hydroxylation sites is 5. The van der Waals surface area contributed by atoms with Gasteiger partial charge in [0.15, 0.2) is 5.40 Å². The van der Waals surface area contributed by atoms with Gasteiger partial charge in [-0.25, -0.2) is 0 Å². The minimum atomic E-state index is -4.11. The van der Waals surface area contributed by atoms with Crippen LogP contribution < -0.4 is 38.6 Å². The molecule has 0 amide bonds. The molecule has 12 rings (SSSR count). The first kappa shape index (κ1) is 79.2. The molecule has 8 aromatic rings. The zero-order valence-corrected chi connectivity index (χ0v) is 57.8. The Bertz CT molecular complexity index is 3390. The molecule has 8 aromatic carbocycles. The maximum atomic E-state index is 16.1. The van der Waals surface area contributed by atoms with Crippen LogP contribution in [0, 0.1) is 0 Å². The van der Waals surface area contributed by atoms with E-state index in [-0.39, 0.29) is 77.8 Å². The van der Waals surface area contributed by atoms with Crippen molar-refractivity contribution >= 4 is 69.0 Å². The third-order valence-corrected chi connectivity index (χ3v) is 20.3. The topological polar surface area (TPSA) is 175 Å². The summed E-state index contributed by atoms with van der Waals surface area (Å²) in [4.78, 5) is 0. The van der Waals surface area contributed by atoms with Crippen LogP contribution in [0.4, 0.5) is 0 Å². The minimum Gasteiger partial charge on any atom is -0.491 e. The number of ether oxygens (including phenoxy) is 6. The van der Waals surface area contributed by atoms with Crippen molar-refractivity contribution in [2.75, 3.05) is 39.6 Å². The molecular formula is C70H95O13P7. The van der Waals surface area contributed by atoms with Crippen molar-refractivity contribution in [2.24, 2.45) is 0 Å². The standard InChI is InChI=1S/C51H44O10P2.C10H12O3.3C2H6.3CH4.H6P4.H3P/c52-29-37-14-11-13-36(28-35-12-1-6-19-45(35)58-33-40-32-57-40)50(37)59-31-38(53)30-56-39-26-24-34(25-27-39)51(62(54)48-22-9-4-17-43(48)41-15-2-7-20-46(41)60-62)63(55)49-23-10-5-18-44(49)42-16-3-8-21-47(42)61-63;11-5-8-3-1-2-4-10(8)13-7-9-6-12-9;3*1-2;;;;1-4(2)3;/h1-27,38,40,51-53H,28-33H2;1-4,9,11H,5-7H2;3*1-2H3;3*1H4;1-3H2;1H3. The first-order valence-corrected chi connectivity index (χ1v) is 38.6. The summed E-state index contributed by atoms with van der Waals surface area (Å²) in [6.45, 7) is 14.2. The number of epoxide rings is 2. The summed E-state index contributed by atoms with van der Waals surface area (Å²) in [7, 11) is -0.277. The Kier molecular flexibility index (Phi) is 34.8. The predicted octanol–water partition coefficient (Wildman–Crippen LogP) is 17.5. The molecular weight excluding hydrogens is 1270 g/mol. The first-order chi connectivity index (χ1) is 41.9. The average Bonchev–Trinajstić information content (AvgIpc) is 1.41. The molecule has 0 spiro atoms. The number of hydrogen-bond acceptors (Lipinski definition) is 13. The molecule has 3 N–H and O–H groups in total. The largest absolute Gasteiger partial charge is 0.491 e. The van der Waals surface area contributed by atoms with Crippen LogP contribution in [0.2, 0.25) is 0 Å². The van der Waals surface area contributed by atoms with Crippen molar-refractivity contribution in [3.63, 3.8) is 0 Å². The average molecular weight is 1360 g/mol. The molecule has 9 unspecified atom stereocenters. The number of hydrogen-bond donors (Lipinski definition) is 3. The van der Waals surface area contributed by atoms with Crippen molar-refractivity contribution in [1.82, 2.24) is 0 Å². The summed E-state index contributed by atoms with van der Waals surface area (Å²) in [5.41, 5.74) is 6.75. The maximum absolute atomic E-state index is 16.1. The molecule has 488 valence electrons. The Morgan fingerprint density at radius 1 is 0.489 bits per heavy atom. The van der Waals surface area contributed by atoms with E-state index in [1.165, 1.54) is 0 Å². The Hall–Kier alpha value is -5.03. The lowest BCUT2D eigenvalue weighted by Crippen LogP contribution is -2.28. The molecule has 4 heterocycles. The van der Waals surface area contributed by atoms with E-state index >= 15 is 9.13 Å². The fourth-order valence-corrected chi connectivity index (χ4v) is 16.8. The molecule has 20 heteroatoms. The van der Waals surface area contributed by atoms with Crippen molar-refractivity contribution in [2.45, 2.75) is 107 Å². The third-order valence-electron chi connectivity index (χ3n) is 13.5. The van der Waals surface area contributed by atoms with Gasteiger partial charge in [-0.1, -0.05) is 203 Å². The summed E-state index contributed by atoms with van der Waals surface area (Å²) in [5, 5.41) is 30.0. The van der Waals surface area contributed by atoms with E-state index in [2.05, 4.69) is 26.8 Å². The van der Waals surface area contributed by atoms with Crippen molar-refractivity contribution in [1.29, 1.82) is 0 Å². The third kappa shape index (κ3) is 20.5. The van der Waals surface area contributed by atoms with Crippen molar-refractivity contribution < 1.29 is 61.9 Å². The van der Waals surface area contributed by atoms with Gasteiger partial charge < -0.3 is 52.8 Å². The molecule has 2 saturated heterocycles. The lowest BCUT2D eigenvalue weighted by Gasteiger charge is -2.39. The van der Waals surface area contributed by atoms with Gasteiger partial charge in [-0.2, -0.15) is 9.90 Å². The van der Waals surface area contributed by atoms with Crippen LogP contribution in [0.3, 0.4) is 0 Å². The molecule has 2 fully saturated rings.